The van der Waals surface area contributed by atoms with Crippen LogP contribution in [0.15, 0.2) is 47.7 Å². The van der Waals surface area contributed by atoms with Crippen molar-refractivity contribution < 1.29 is 14.6 Å². The van der Waals surface area contributed by atoms with Gasteiger partial charge in [0, 0.05) is 19.2 Å². The van der Waals surface area contributed by atoms with Crippen LogP contribution in [0, 0.1) is 0 Å². The Morgan fingerprint density at radius 1 is 1.16 bits per heavy atom. The summed E-state index contributed by atoms with van der Waals surface area (Å²) in [5, 5.41) is 17.2. The lowest BCUT2D eigenvalue weighted by Gasteiger charge is -2.19. The van der Waals surface area contributed by atoms with Gasteiger partial charge >= 0.3 is 5.97 Å². The largest absolute Gasteiger partial charge is 0.494 e. The summed E-state index contributed by atoms with van der Waals surface area (Å²) in [6.45, 7) is 7.46. The molecule has 10 heteroatoms. The van der Waals surface area contributed by atoms with Crippen LogP contribution in [0.4, 0.5) is 0 Å². The number of hydrogen-bond acceptors (Lipinski definition) is 6. The first kappa shape index (κ1) is 21.3. The van der Waals surface area contributed by atoms with E-state index in [-0.39, 0.29) is 22.5 Å². The van der Waals surface area contributed by atoms with E-state index in [4.69, 9.17) is 9.84 Å². The number of aromatic nitrogens is 6. The van der Waals surface area contributed by atoms with Crippen LogP contribution < -0.4 is 10.3 Å². The van der Waals surface area contributed by atoms with Gasteiger partial charge in [0.05, 0.1) is 24.6 Å². The number of carbonyl (C=O) groups is 1. The average Bonchev–Trinajstić information content (AvgIpc) is 3.39. The first-order valence-corrected chi connectivity index (χ1v) is 10.2. The van der Waals surface area contributed by atoms with E-state index in [1.807, 2.05) is 12.1 Å². The number of hydrogen-bond donors (Lipinski definition) is 2. The van der Waals surface area contributed by atoms with E-state index < -0.39 is 5.97 Å². The summed E-state index contributed by atoms with van der Waals surface area (Å²) in [5.74, 6) is -0.191. The van der Waals surface area contributed by atoms with Gasteiger partial charge < -0.3 is 9.84 Å². The number of nitrogens with one attached hydrogen (secondary N) is 1. The fraction of sp³-hybridized carbons (Fsp3) is 0.318. The molecule has 2 N–H and O–H groups in total. The molecule has 32 heavy (non-hydrogen) atoms. The highest BCUT2D eigenvalue weighted by molar-refractivity contribution is 5.87. The van der Waals surface area contributed by atoms with Crippen LogP contribution in [0.2, 0.25) is 0 Å². The molecule has 3 heterocycles. The molecular formula is C22H24N6O4. The molecule has 0 bridgehead atoms. The monoisotopic (exact) mass is 436 g/mol. The molecule has 0 saturated heterocycles. The van der Waals surface area contributed by atoms with Crippen LogP contribution in [0.1, 0.15) is 43.1 Å². The molecule has 0 unspecified atom stereocenters. The van der Waals surface area contributed by atoms with Crippen molar-refractivity contribution in [2.24, 2.45) is 0 Å². The van der Waals surface area contributed by atoms with Gasteiger partial charge in [0.2, 0.25) is 5.95 Å². The molecule has 3 aromatic heterocycles. The fourth-order valence-electron chi connectivity index (χ4n) is 3.28. The summed E-state index contributed by atoms with van der Waals surface area (Å²) in [4.78, 5) is 30.6. The van der Waals surface area contributed by atoms with Crippen LogP contribution in [-0.4, -0.2) is 47.2 Å². The number of H-pyrrole nitrogens is 1. The minimum absolute atomic E-state index is 0.00325. The Balaban J connectivity index is 1.42. The van der Waals surface area contributed by atoms with Gasteiger partial charge in [0.15, 0.2) is 5.52 Å². The van der Waals surface area contributed by atoms with Crippen molar-refractivity contribution in [2.75, 3.05) is 6.61 Å². The average molecular weight is 436 g/mol. The van der Waals surface area contributed by atoms with Gasteiger partial charge in [-0.1, -0.05) is 32.9 Å². The predicted molar refractivity (Wildman–Crippen MR) is 117 cm³/mol. The molecule has 0 aliphatic carbocycles. The number of fused-ring (bicyclic) bond motifs is 1. The topological polar surface area (TPSA) is 128 Å². The second-order valence-electron chi connectivity index (χ2n) is 8.45. The first-order valence-electron chi connectivity index (χ1n) is 10.2. The summed E-state index contributed by atoms with van der Waals surface area (Å²) >= 11 is 0. The molecule has 0 radical (unpaired) electrons. The molecule has 4 rings (SSSR count). The lowest BCUT2D eigenvalue weighted by atomic mass is 9.87. The Morgan fingerprint density at radius 3 is 2.56 bits per heavy atom. The van der Waals surface area contributed by atoms with E-state index in [9.17, 15) is 9.59 Å². The van der Waals surface area contributed by atoms with E-state index in [1.165, 1.54) is 28.8 Å². The zero-order chi connectivity index (χ0) is 22.9. The van der Waals surface area contributed by atoms with Crippen molar-refractivity contribution in [1.82, 2.24) is 29.5 Å². The Bertz CT molecular complexity index is 1310. The number of aromatic carboxylic acids is 1. The third-order valence-corrected chi connectivity index (χ3v) is 5.04. The summed E-state index contributed by atoms with van der Waals surface area (Å²) in [6, 6.07) is 8.06. The standard InChI is InChI=1S/C22H24N6O4/c1-22(2,3)15-5-7-16(8-6-15)32-10-4-9-27-18-17(12-24-27)25-21(26-19(18)29)28-13-14(11-23-28)20(30)31/h5-8,11-13H,4,9-10H2,1-3H3,(H,30,31)(H,25,26,29). The smallest absolute Gasteiger partial charge is 0.338 e. The molecule has 0 atom stereocenters. The number of rotatable bonds is 7. The Hall–Kier alpha value is -3.95. The maximum Gasteiger partial charge on any atom is 0.338 e. The van der Waals surface area contributed by atoms with Crippen LogP contribution in [-0.2, 0) is 12.0 Å². The van der Waals surface area contributed by atoms with Gasteiger partial charge in [-0.15, -0.1) is 0 Å². The molecule has 1 aromatic carbocycles. The van der Waals surface area contributed by atoms with Crippen molar-refractivity contribution >= 4 is 17.0 Å². The maximum absolute atomic E-state index is 12.6. The van der Waals surface area contributed by atoms with Crippen LogP contribution in [0.5, 0.6) is 5.75 Å². The molecule has 0 fully saturated rings. The molecule has 0 aliphatic heterocycles. The first-order chi connectivity index (χ1) is 15.2. The van der Waals surface area contributed by atoms with E-state index in [0.717, 1.165) is 5.75 Å². The highest BCUT2D eigenvalue weighted by atomic mass is 16.5. The Kier molecular flexibility index (Phi) is 5.52. The molecule has 10 nitrogen and oxygen atoms in total. The third kappa shape index (κ3) is 4.39. The van der Waals surface area contributed by atoms with Crippen molar-refractivity contribution in [3.05, 3.63) is 64.3 Å². The lowest BCUT2D eigenvalue weighted by molar-refractivity contribution is 0.0697. The van der Waals surface area contributed by atoms with Crippen molar-refractivity contribution in [3.8, 4) is 11.7 Å². The van der Waals surface area contributed by atoms with Gasteiger partial charge in [-0.25, -0.2) is 14.5 Å². The van der Waals surface area contributed by atoms with E-state index >= 15 is 0 Å². The molecular weight excluding hydrogens is 412 g/mol. The lowest BCUT2D eigenvalue weighted by Crippen LogP contribution is -2.17. The Labute approximate surface area is 183 Å². The second kappa shape index (κ2) is 8.29. The van der Waals surface area contributed by atoms with Crippen molar-refractivity contribution in [1.29, 1.82) is 0 Å². The van der Waals surface area contributed by atoms with E-state index in [2.05, 4.69) is 53.1 Å². The predicted octanol–water partition coefficient (Wildman–Crippen LogP) is 2.77. The molecule has 0 spiro atoms. The number of carboxylic acids is 1. The minimum Gasteiger partial charge on any atom is -0.494 e. The van der Waals surface area contributed by atoms with Gasteiger partial charge in [0.25, 0.3) is 5.56 Å². The fourth-order valence-corrected chi connectivity index (χ4v) is 3.28. The quantitative estimate of drug-likeness (QED) is 0.426. The van der Waals surface area contributed by atoms with Crippen LogP contribution in [0.3, 0.4) is 0 Å². The third-order valence-electron chi connectivity index (χ3n) is 5.04. The summed E-state index contributed by atoms with van der Waals surface area (Å²) in [7, 11) is 0. The second-order valence-corrected chi connectivity index (χ2v) is 8.45. The summed E-state index contributed by atoms with van der Waals surface area (Å²) < 4.78 is 8.61. The zero-order valence-corrected chi connectivity index (χ0v) is 18.1. The normalized spacial score (nSPS) is 11.7. The minimum atomic E-state index is -1.11. The van der Waals surface area contributed by atoms with E-state index in [0.29, 0.717) is 30.6 Å². The van der Waals surface area contributed by atoms with Crippen molar-refractivity contribution in [3.63, 3.8) is 0 Å². The molecule has 0 amide bonds. The summed E-state index contributed by atoms with van der Waals surface area (Å²) in [6.07, 6.45) is 4.62. The molecule has 0 saturated carbocycles. The molecule has 166 valence electrons. The number of aromatic amines is 1. The summed E-state index contributed by atoms with van der Waals surface area (Å²) in [5.41, 5.74) is 1.69. The van der Waals surface area contributed by atoms with Gasteiger partial charge in [-0.3, -0.25) is 14.5 Å². The molecule has 0 aliphatic rings. The van der Waals surface area contributed by atoms with Crippen LogP contribution in [0.25, 0.3) is 17.0 Å². The Morgan fingerprint density at radius 2 is 1.91 bits per heavy atom. The number of benzene rings is 1. The number of ether oxygens (including phenoxy) is 1. The number of aryl methyl sites for hydroxylation is 1. The maximum atomic E-state index is 12.6. The highest BCUT2D eigenvalue weighted by Gasteiger charge is 2.14. The van der Waals surface area contributed by atoms with Gasteiger partial charge in [-0.05, 0) is 23.1 Å². The highest BCUT2D eigenvalue weighted by Crippen LogP contribution is 2.24. The van der Waals surface area contributed by atoms with Crippen LogP contribution >= 0.6 is 0 Å². The van der Waals surface area contributed by atoms with Gasteiger partial charge in [0.1, 0.15) is 11.3 Å². The number of carboxylic acid groups (broad SMARTS) is 1. The zero-order valence-electron chi connectivity index (χ0n) is 18.1. The molecule has 4 aromatic rings. The number of nitrogens with zero attached hydrogens (tertiary/aromatic N) is 5. The van der Waals surface area contributed by atoms with Crippen molar-refractivity contribution in [2.45, 2.75) is 39.2 Å². The SMILES string of the molecule is CC(C)(C)c1ccc(OCCCn2ncc3nc(-n4cc(C(=O)O)cn4)[nH]c(=O)c32)cc1. The van der Waals surface area contributed by atoms with Gasteiger partial charge in [-0.2, -0.15) is 10.2 Å². The van der Waals surface area contributed by atoms with E-state index in [1.54, 1.807) is 4.68 Å².